The van der Waals surface area contributed by atoms with Crippen molar-refractivity contribution in [2.45, 2.75) is 27.3 Å². The highest BCUT2D eigenvalue weighted by atomic mass is 32.1. The highest BCUT2D eigenvalue weighted by Gasteiger charge is 2.11. The highest BCUT2D eigenvalue weighted by Crippen LogP contribution is 2.25. The maximum atomic E-state index is 11.8. The van der Waals surface area contributed by atoms with Gasteiger partial charge in [0.25, 0.3) is 0 Å². The highest BCUT2D eigenvalue weighted by molar-refractivity contribution is 7.09. The number of Topliss-reactive ketones (excluding diaryl/α,β-unsaturated/α-hetero) is 1. The Morgan fingerprint density at radius 1 is 1.09 bits per heavy atom. The predicted octanol–water partition coefficient (Wildman–Crippen LogP) is 5.14. The molecule has 170 valence electrons. The summed E-state index contributed by atoms with van der Waals surface area (Å²) in [5.41, 5.74) is 5.68. The smallest absolute Gasteiger partial charge is 0.341 e. The monoisotopic (exact) mass is 469 g/mol. The number of ketones is 1. The van der Waals surface area contributed by atoms with Crippen molar-refractivity contribution in [3.8, 4) is 23.1 Å². The van der Waals surface area contributed by atoms with Gasteiger partial charge in [0, 0.05) is 33.8 Å². The summed E-state index contributed by atoms with van der Waals surface area (Å²) in [6.45, 7) is 6.14. The molecule has 0 unspecified atom stereocenters. The quantitative estimate of drug-likeness (QED) is 0.222. The number of esters is 1. The molecule has 34 heavy (non-hydrogen) atoms. The Morgan fingerprint density at radius 2 is 1.91 bits per heavy atom. The van der Waals surface area contributed by atoms with Crippen LogP contribution in [0.4, 0.5) is 0 Å². The van der Waals surface area contributed by atoms with Gasteiger partial charge in [-0.1, -0.05) is 24.0 Å². The van der Waals surface area contributed by atoms with Crippen LogP contribution in [0.3, 0.4) is 0 Å². The first-order chi connectivity index (χ1) is 16.4. The van der Waals surface area contributed by atoms with E-state index in [2.05, 4.69) is 23.0 Å². The zero-order valence-corrected chi connectivity index (χ0v) is 20.0. The van der Waals surface area contributed by atoms with Crippen molar-refractivity contribution in [1.29, 1.82) is 0 Å². The van der Waals surface area contributed by atoms with Crippen LogP contribution in [0.1, 0.15) is 56.3 Å². The molecule has 4 aromatic rings. The summed E-state index contributed by atoms with van der Waals surface area (Å²) in [6, 6.07) is 13.5. The lowest BCUT2D eigenvalue weighted by molar-refractivity contribution is 0.0526. The molecule has 4 rings (SSSR count). The topological polar surface area (TPSA) is 74.1 Å². The number of benzene rings is 2. The summed E-state index contributed by atoms with van der Waals surface area (Å²) in [5, 5.41) is 7.12. The Hall–Kier alpha value is -4.02. The van der Waals surface area contributed by atoms with Crippen LogP contribution in [0.25, 0.3) is 11.3 Å². The van der Waals surface area contributed by atoms with E-state index in [0.29, 0.717) is 24.3 Å². The number of carbonyl (C=O) groups excluding carboxylic acids is 2. The third kappa shape index (κ3) is 5.66. The molecule has 2 aromatic heterocycles. The Balaban J connectivity index is 1.53. The molecule has 0 saturated heterocycles. The van der Waals surface area contributed by atoms with Crippen molar-refractivity contribution in [3.05, 3.63) is 93.1 Å². The zero-order valence-electron chi connectivity index (χ0n) is 19.2. The van der Waals surface area contributed by atoms with Crippen molar-refractivity contribution in [2.75, 3.05) is 6.61 Å². The van der Waals surface area contributed by atoms with Crippen molar-refractivity contribution in [3.63, 3.8) is 0 Å². The van der Waals surface area contributed by atoms with E-state index >= 15 is 0 Å². The number of ether oxygens (including phenoxy) is 1. The first kappa shape index (κ1) is 23.1. The van der Waals surface area contributed by atoms with Gasteiger partial charge in [0.15, 0.2) is 5.78 Å². The summed E-state index contributed by atoms with van der Waals surface area (Å²) in [7, 11) is 0. The second kappa shape index (κ2) is 10.3. The van der Waals surface area contributed by atoms with Crippen LogP contribution in [0.5, 0.6) is 0 Å². The Bertz CT molecular complexity index is 1420. The second-order valence-corrected chi connectivity index (χ2v) is 8.69. The SMILES string of the molecule is CCOC(=O)c1cnn(Cc2nc(-c3cc(C)cc(C#Cc4cccc(C(C)=O)c4)c3)cs2)c1. The van der Waals surface area contributed by atoms with Gasteiger partial charge in [0.2, 0.25) is 0 Å². The lowest BCUT2D eigenvalue weighted by atomic mass is 10.0. The maximum Gasteiger partial charge on any atom is 0.341 e. The second-order valence-electron chi connectivity index (χ2n) is 7.75. The van der Waals surface area contributed by atoms with Gasteiger partial charge in [0.05, 0.1) is 30.6 Å². The first-order valence-corrected chi connectivity index (χ1v) is 11.7. The third-order valence-corrected chi connectivity index (χ3v) is 5.82. The van der Waals surface area contributed by atoms with Crippen LogP contribution in [-0.2, 0) is 11.3 Å². The van der Waals surface area contributed by atoms with Crippen LogP contribution >= 0.6 is 11.3 Å². The van der Waals surface area contributed by atoms with E-state index in [1.54, 1.807) is 36.9 Å². The van der Waals surface area contributed by atoms with E-state index in [9.17, 15) is 9.59 Å². The lowest BCUT2D eigenvalue weighted by Gasteiger charge is -2.02. The van der Waals surface area contributed by atoms with E-state index < -0.39 is 0 Å². The summed E-state index contributed by atoms with van der Waals surface area (Å²) >= 11 is 1.54. The van der Waals surface area contributed by atoms with Gasteiger partial charge in [-0.3, -0.25) is 9.48 Å². The van der Waals surface area contributed by atoms with E-state index in [1.807, 2.05) is 36.6 Å². The number of aromatic nitrogens is 3. The maximum absolute atomic E-state index is 11.8. The van der Waals surface area contributed by atoms with Crippen LogP contribution in [0.15, 0.2) is 60.2 Å². The van der Waals surface area contributed by atoms with Crippen molar-refractivity contribution in [2.24, 2.45) is 0 Å². The lowest BCUT2D eigenvalue weighted by Crippen LogP contribution is -2.04. The molecule has 0 aliphatic heterocycles. The number of thiazole rings is 1. The molecule has 0 amide bonds. The van der Waals surface area contributed by atoms with Crippen LogP contribution < -0.4 is 0 Å². The molecular formula is C27H23N3O3S. The van der Waals surface area contributed by atoms with Crippen molar-refractivity contribution >= 4 is 23.1 Å². The summed E-state index contributed by atoms with van der Waals surface area (Å²) in [5.74, 6) is 6.00. The van der Waals surface area contributed by atoms with Crippen molar-refractivity contribution in [1.82, 2.24) is 14.8 Å². The molecule has 7 heteroatoms. The minimum Gasteiger partial charge on any atom is -0.462 e. The summed E-state index contributed by atoms with van der Waals surface area (Å²) in [6.07, 6.45) is 3.17. The van der Waals surface area contributed by atoms with Crippen LogP contribution in [-0.4, -0.2) is 33.1 Å². The Kier molecular flexibility index (Phi) is 7.00. The minimum atomic E-state index is -0.380. The molecular weight excluding hydrogens is 446 g/mol. The van der Waals surface area contributed by atoms with Gasteiger partial charge < -0.3 is 4.74 Å². The van der Waals surface area contributed by atoms with E-state index in [1.165, 1.54) is 17.5 Å². The fraction of sp³-hybridized carbons (Fsp3) is 0.185. The van der Waals surface area contributed by atoms with Crippen molar-refractivity contribution < 1.29 is 14.3 Å². The molecule has 6 nitrogen and oxygen atoms in total. The van der Waals surface area contributed by atoms with Gasteiger partial charge in [-0.25, -0.2) is 9.78 Å². The van der Waals surface area contributed by atoms with Gasteiger partial charge in [-0.05, 0) is 56.7 Å². The molecule has 0 bridgehead atoms. The normalized spacial score (nSPS) is 10.4. The molecule has 0 N–H and O–H groups in total. The molecule has 2 aromatic carbocycles. The van der Waals surface area contributed by atoms with Gasteiger partial charge in [-0.15, -0.1) is 11.3 Å². The number of aryl methyl sites for hydroxylation is 1. The van der Waals surface area contributed by atoms with E-state index in [0.717, 1.165) is 33.0 Å². The number of rotatable bonds is 6. The molecule has 2 heterocycles. The van der Waals surface area contributed by atoms with Crippen LogP contribution in [0, 0.1) is 18.8 Å². The molecule has 0 atom stereocenters. The molecule has 0 saturated carbocycles. The summed E-state index contributed by atoms with van der Waals surface area (Å²) in [4.78, 5) is 28.2. The predicted molar refractivity (Wildman–Crippen MR) is 132 cm³/mol. The fourth-order valence-electron chi connectivity index (χ4n) is 3.39. The molecule has 0 fully saturated rings. The molecule has 0 radical (unpaired) electrons. The van der Waals surface area contributed by atoms with Gasteiger partial charge in [0.1, 0.15) is 5.01 Å². The average Bonchev–Trinajstić information content (AvgIpc) is 3.48. The standard InChI is InChI=1S/C27H23N3O3S/c1-4-33-27(32)24-14-28-30(15-24)16-26-29-25(17-34-26)23-11-18(2)10-21(13-23)9-8-20-6-5-7-22(12-20)19(3)31/h5-7,10-15,17H,4,16H2,1-3H3. The summed E-state index contributed by atoms with van der Waals surface area (Å²) < 4.78 is 6.69. The first-order valence-electron chi connectivity index (χ1n) is 10.8. The number of carbonyl (C=O) groups is 2. The van der Waals surface area contributed by atoms with E-state index in [-0.39, 0.29) is 11.8 Å². The van der Waals surface area contributed by atoms with Crippen LogP contribution in [0.2, 0.25) is 0 Å². The fourth-order valence-corrected chi connectivity index (χ4v) is 4.18. The van der Waals surface area contributed by atoms with E-state index in [4.69, 9.17) is 9.72 Å². The van der Waals surface area contributed by atoms with Gasteiger partial charge in [-0.2, -0.15) is 5.10 Å². The Labute approximate surface area is 202 Å². The third-order valence-electron chi connectivity index (χ3n) is 4.99. The Morgan fingerprint density at radius 3 is 2.71 bits per heavy atom. The number of hydrogen-bond donors (Lipinski definition) is 0. The average molecular weight is 470 g/mol. The van der Waals surface area contributed by atoms with Gasteiger partial charge >= 0.3 is 5.97 Å². The number of hydrogen-bond acceptors (Lipinski definition) is 6. The largest absolute Gasteiger partial charge is 0.462 e. The molecule has 0 aliphatic rings. The number of nitrogens with zero attached hydrogens (tertiary/aromatic N) is 3. The molecule has 0 aliphatic carbocycles. The zero-order chi connectivity index (χ0) is 24.1. The molecule has 0 spiro atoms. The minimum absolute atomic E-state index is 0.0213.